The van der Waals surface area contributed by atoms with E-state index >= 15 is 0 Å². The first-order chi connectivity index (χ1) is 8.45. The van der Waals surface area contributed by atoms with Crippen LogP contribution in [0.25, 0.3) is 0 Å². The maximum atomic E-state index is 10.8. The van der Waals surface area contributed by atoms with E-state index in [0.717, 1.165) is 0 Å². The molecule has 1 unspecified atom stereocenters. The van der Waals surface area contributed by atoms with Crippen LogP contribution < -0.4 is 20.9 Å². The number of rotatable bonds is 6. The van der Waals surface area contributed by atoms with Gasteiger partial charge in [-0.2, -0.15) is 0 Å². The van der Waals surface area contributed by atoms with Gasteiger partial charge in [0, 0.05) is 0 Å². The third kappa shape index (κ3) is 3.32. The summed E-state index contributed by atoms with van der Waals surface area (Å²) in [5.41, 5.74) is 10.1. The van der Waals surface area contributed by atoms with Gasteiger partial charge >= 0.3 is 5.69 Å². The van der Waals surface area contributed by atoms with Crippen molar-refractivity contribution in [1.82, 2.24) is 0 Å². The number of nitro groups is 1. The van der Waals surface area contributed by atoms with Gasteiger partial charge < -0.3 is 20.9 Å². The molecule has 4 N–H and O–H groups in total. The maximum absolute atomic E-state index is 10.8. The van der Waals surface area contributed by atoms with E-state index in [1.54, 1.807) is 0 Å². The fourth-order valence-electron chi connectivity index (χ4n) is 1.17. The number of nitrogens with two attached hydrogens (primary N) is 2. The Morgan fingerprint density at radius 1 is 1.56 bits per heavy atom. The van der Waals surface area contributed by atoms with Crippen LogP contribution in [0.3, 0.4) is 0 Å². The highest BCUT2D eigenvalue weighted by molar-refractivity contribution is 5.79. The van der Waals surface area contributed by atoms with Crippen molar-refractivity contribution in [2.45, 2.75) is 6.04 Å². The van der Waals surface area contributed by atoms with E-state index in [-0.39, 0.29) is 23.8 Å². The summed E-state index contributed by atoms with van der Waals surface area (Å²) in [4.78, 5) is 20.8. The summed E-state index contributed by atoms with van der Waals surface area (Å²) in [6.07, 6.45) is 0. The molecule has 8 nitrogen and oxygen atoms in total. The van der Waals surface area contributed by atoms with Crippen LogP contribution in [-0.4, -0.2) is 30.6 Å². The summed E-state index contributed by atoms with van der Waals surface area (Å²) < 4.78 is 9.96. The smallest absolute Gasteiger partial charge is 0.314 e. The van der Waals surface area contributed by atoms with E-state index in [0.29, 0.717) is 0 Å². The predicted octanol–water partition coefficient (Wildman–Crippen LogP) is -0.205. The van der Waals surface area contributed by atoms with E-state index in [4.69, 9.17) is 20.9 Å². The average molecular weight is 255 g/mol. The topological polar surface area (TPSA) is 131 Å². The molecule has 0 spiro atoms. The molecule has 1 amide bonds. The number of primary amides is 1. The molecule has 0 bridgehead atoms. The summed E-state index contributed by atoms with van der Waals surface area (Å²) in [6.45, 7) is -0.154. The Kier molecular flexibility index (Phi) is 4.44. The molecule has 1 atom stereocenters. The van der Waals surface area contributed by atoms with Crippen LogP contribution in [0.2, 0.25) is 0 Å². The van der Waals surface area contributed by atoms with E-state index in [2.05, 4.69) is 0 Å². The standard InChI is InChI=1S/C10H13N3O5/c1-17-9-3-2-6(4-8(9)13(15)16)18-5-7(11)10(12)14/h2-4,7H,5,11H2,1H3,(H2,12,14). The number of nitrogens with zero attached hydrogens (tertiary/aromatic N) is 1. The lowest BCUT2D eigenvalue weighted by molar-refractivity contribution is -0.385. The zero-order valence-electron chi connectivity index (χ0n) is 9.66. The largest absolute Gasteiger partial charge is 0.491 e. The van der Waals surface area contributed by atoms with Crippen molar-refractivity contribution in [3.8, 4) is 11.5 Å². The van der Waals surface area contributed by atoms with Crippen molar-refractivity contribution < 1.29 is 19.2 Å². The minimum Gasteiger partial charge on any atom is -0.491 e. The van der Waals surface area contributed by atoms with Gasteiger partial charge in [0.25, 0.3) is 0 Å². The van der Waals surface area contributed by atoms with Gasteiger partial charge in [0.2, 0.25) is 5.91 Å². The Balaban J connectivity index is 2.82. The van der Waals surface area contributed by atoms with Crippen LogP contribution in [0, 0.1) is 10.1 Å². The first-order valence-electron chi connectivity index (χ1n) is 4.96. The number of methoxy groups -OCH3 is 1. The highest BCUT2D eigenvalue weighted by Gasteiger charge is 2.17. The molecule has 0 heterocycles. The monoisotopic (exact) mass is 255 g/mol. The van der Waals surface area contributed by atoms with E-state index < -0.39 is 16.9 Å². The van der Waals surface area contributed by atoms with Crippen molar-refractivity contribution in [3.63, 3.8) is 0 Å². The fourth-order valence-corrected chi connectivity index (χ4v) is 1.17. The second kappa shape index (κ2) is 5.82. The van der Waals surface area contributed by atoms with E-state index in [1.807, 2.05) is 0 Å². The van der Waals surface area contributed by atoms with Gasteiger partial charge in [-0.15, -0.1) is 0 Å². The molecule has 1 aromatic rings. The molecular formula is C10H13N3O5. The van der Waals surface area contributed by atoms with Crippen LogP contribution in [0.15, 0.2) is 18.2 Å². The van der Waals surface area contributed by atoms with Crippen LogP contribution in [-0.2, 0) is 4.79 Å². The quantitative estimate of drug-likeness (QED) is 0.534. The molecule has 18 heavy (non-hydrogen) atoms. The number of hydrogen-bond donors (Lipinski definition) is 2. The first kappa shape index (κ1) is 13.7. The lowest BCUT2D eigenvalue weighted by Crippen LogP contribution is -2.41. The van der Waals surface area contributed by atoms with Crippen LogP contribution >= 0.6 is 0 Å². The van der Waals surface area contributed by atoms with Crippen LogP contribution in [0.5, 0.6) is 11.5 Å². The molecule has 1 aromatic carbocycles. The zero-order valence-corrected chi connectivity index (χ0v) is 9.66. The zero-order chi connectivity index (χ0) is 13.7. The number of carbonyl (C=O) groups is 1. The summed E-state index contributed by atoms with van der Waals surface area (Å²) in [5, 5.41) is 10.8. The Hall–Kier alpha value is -2.35. The summed E-state index contributed by atoms with van der Waals surface area (Å²) in [6, 6.07) is 3.08. The molecule has 98 valence electrons. The summed E-state index contributed by atoms with van der Waals surface area (Å²) in [5.74, 6) is -0.385. The van der Waals surface area contributed by atoms with Crippen molar-refractivity contribution in [3.05, 3.63) is 28.3 Å². The minimum absolute atomic E-state index is 0.117. The normalized spacial score (nSPS) is 11.7. The molecule has 0 saturated carbocycles. The van der Waals surface area contributed by atoms with Crippen molar-refractivity contribution in [2.24, 2.45) is 11.5 Å². The van der Waals surface area contributed by atoms with E-state index in [1.165, 1.54) is 25.3 Å². The predicted molar refractivity (Wildman–Crippen MR) is 62.3 cm³/mol. The van der Waals surface area contributed by atoms with Gasteiger partial charge in [0.15, 0.2) is 5.75 Å². The number of nitro benzene ring substituents is 1. The first-order valence-corrected chi connectivity index (χ1v) is 4.96. The Morgan fingerprint density at radius 3 is 2.72 bits per heavy atom. The summed E-state index contributed by atoms with van der Waals surface area (Å²) in [7, 11) is 1.33. The molecule has 0 saturated heterocycles. The molecular weight excluding hydrogens is 242 g/mol. The van der Waals surface area contributed by atoms with Gasteiger partial charge in [0.05, 0.1) is 18.1 Å². The molecule has 0 aromatic heterocycles. The highest BCUT2D eigenvalue weighted by Crippen LogP contribution is 2.30. The van der Waals surface area contributed by atoms with Gasteiger partial charge in [-0.3, -0.25) is 14.9 Å². The number of hydrogen-bond acceptors (Lipinski definition) is 6. The van der Waals surface area contributed by atoms with Crippen molar-refractivity contribution in [2.75, 3.05) is 13.7 Å². The minimum atomic E-state index is -0.967. The lowest BCUT2D eigenvalue weighted by atomic mass is 10.2. The molecule has 1 rings (SSSR count). The maximum Gasteiger partial charge on any atom is 0.314 e. The van der Waals surface area contributed by atoms with Gasteiger partial charge in [-0.1, -0.05) is 0 Å². The SMILES string of the molecule is COc1ccc(OCC(N)C(N)=O)cc1[N+](=O)[O-]. The molecule has 0 fully saturated rings. The second-order valence-corrected chi connectivity index (χ2v) is 3.41. The number of ether oxygens (including phenoxy) is 2. The fraction of sp³-hybridized carbons (Fsp3) is 0.300. The highest BCUT2D eigenvalue weighted by atomic mass is 16.6. The molecule has 0 aliphatic heterocycles. The third-order valence-corrected chi connectivity index (χ3v) is 2.14. The van der Waals surface area contributed by atoms with Gasteiger partial charge in [-0.05, 0) is 12.1 Å². The Morgan fingerprint density at radius 2 is 2.22 bits per heavy atom. The number of carbonyl (C=O) groups excluding carboxylic acids is 1. The molecule has 0 radical (unpaired) electrons. The van der Waals surface area contributed by atoms with Crippen LogP contribution in [0.1, 0.15) is 0 Å². The van der Waals surface area contributed by atoms with Gasteiger partial charge in [0.1, 0.15) is 18.4 Å². The second-order valence-electron chi connectivity index (χ2n) is 3.41. The Labute approximate surface area is 103 Å². The van der Waals surface area contributed by atoms with Crippen molar-refractivity contribution >= 4 is 11.6 Å². The Bertz CT molecular complexity index is 463. The number of benzene rings is 1. The van der Waals surface area contributed by atoms with Crippen LogP contribution in [0.4, 0.5) is 5.69 Å². The van der Waals surface area contributed by atoms with Gasteiger partial charge in [-0.25, -0.2) is 0 Å². The number of amides is 1. The lowest BCUT2D eigenvalue weighted by Gasteiger charge is -2.10. The van der Waals surface area contributed by atoms with Crippen molar-refractivity contribution in [1.29, 1.82) is 0 Å². The molecule has 0 aliphatic rings. The third-order valence-electron chi connectivity index (χ3n) is 2.14. The average Bonchev–Trinajstić information content (AvgIpc) is 2.35. The molecule has 0 aliphatic carbocycles. The molecule has 8 heteroatoms. The van der Waals surface area contributed by atoms with E-state index in [9.17, 15) is 14.9 Å². The summed E-state index contributed by atoms with van der Waals surface area (Å²) >= 11 is 0.